The Kier molecular flexibility index (Phi) is 6.99. The monoisotopic (exact) mass is 272 g/mol. The summed E-state index contributed by atoms with van der Waals surface area (Å²) in [6.45, 7) is 2.31. The summed E-state index contributed by atoms with van der Waals surface area (Å²) in [5.41, 5.74) is 0. The molecule has 80 valence electrons. The van der Waals surface area contributed by atoms with Crippen LogP contribution in [0, 0.1) is 0 Å². The molecule has 0 aliphatic rings. The number of alkyl halides is 1. The Morgan fingerprint density at radius 3 is 2.54 bits per heavy atom. The van der Waals surface area contributed by atoms with Gasteiger partial charge in [0.2, 0.25) is 0 Å². The molecule has 0 aromatic carbocycles. The van der Waals surface area contributed by atoms with Gasteiger partial charge in [-0.05, 0) is 12.8 Å². The van der Waals surface area contributed by atoms with Gasteiger partial charge in [-0.3, -0.25) is 0 Å². The number of rotatable bonds is 7. The molecule has 0 heterocycles. The molecule has 3 nitrogen and oxygen atoms in total. The fourth-order valence-electron chi connectivity index (χ4n) is 0.933. The molecule has 0 fully saturated rings. The molecule has 0 spiro atoms. The Balaban J connectivity index is 3.56. The van der Waals surface area contributed by atoms with Gasteiger partial charge in [0.15, 0.2) is 0 Å². The number of ether oxygens (including phenoxy) is 1. The molecule has 0 aromatic rings. The van der Waals surface area contributed by atoms with Gasteiger partial charge in [-0.15, -0.1) is 0 Å². The predicted molar refractivity (Wildman–Crippen MR) is 58.2 cm³/mol. The maximum atomic E-state index is 11.1. The van der Waals surface area contributed by atoms with Crippen molar-refractivity contribution in [1.29, 1.82) is 0 Å². The van der Waals surface area contributed by atoms with Gasteiger partial charge in [0, 0.05) is 17.7 Å². The van der Waals surface area contributed by atoms with Crippen LogP contribution in [-0.4, -0.2) is 38.5 Å². The third kappa shape index (κ3) is 7.46. The van der Waals surface area contributed by atoms with E-state index in [9.17, 15) is 8.42 Å². The highest BCUT2D eigenvalue weighted by molar-refractivity contribution is 9.09. The Morgan fingerprint density at radius 2 is 2.08 bits per heavy atom. The highest BCUT2D eigenvalue weighted by Crippen LogP contribution is 2.09. The number of halogens is 1. The normalized spacial score (nSPS) is 14.4. The molecule has 1 unspecified atom stereocenters. The summed E-state index contributed by atoms with van der Waals surface area (Å²) < 4.78 is 27.1. The van der Waals surface area contributed by atoms with Gasteiger partial charge in [-0.2, -0.15) is 0 Å². The quantitative estimate of drug-likeness (QED) is 0.662. The molecular formula is C8H17BrO3S. The Morgan fingerprint density at radius 1 is 1.46 bits per heavy atom. The average molecular weight is 273 g/mol. The zero-order valence-corrected chi connectivity index (χ0v) is 10.5. The first-order valence-corrected chi connectivity index (χ1v) is 7.09. The standard InChI is InChI=1S/C8H17BrO3S/c1-3-13(10,11)6-4-5-8(9)7-12-2/h8H,3-7H2,1-2H3. The molecule has 13 heavy (non-hydrogen) atoms. The van der Waals surface area contributed by atoms with E-state index < -0.39 is 9.84 Å². The summed E-state index contributed by atoms with van der Waals surface area (Å²) >= 11 is 3.41. The van der Waals surface area contributed by atoms with Crippen LogP contribution in [-0.2, 0) is 14.6 Å². The van der Waals surface area contributed by atoms with Gasteiger partial charge in [-0.25, -0.2) is 8.42 Å². The largest absolute Gasteiger partial charge is 0.384 e. The zero-order valence-electron chi connectivity index (χ0n) is 8.12. The minimum absolute atomic E-state index is 0.240. The molecule has 5 heteroatoms. The molecular weight excluding hydrogens is 256 g/mol. The lowest BCUT2D eigenvalue weighted by Crippen LogP contribution is -2.12. The maximum Gasteiger partial charge on any atom is 0.150 e. The van der Waals surface area contributed by atoms with Crippen molar-refractivity contribution in [3.63, 3.8) is 0 Å². The van der Waals surface area contributed by atoms with Gasteiger partial charge in [0.1, 0.15) is 9.84 Å². The van der Waals surface area contributed by atoms with Gasteiger partial charge >= 0.3 is 0 Å². The lowest BCUT2D eigenvalue weighted by atomic mass is 10.3. The number of hydrogen-bond donors (Lipinski definition) is 0. The van der Waals surface area contributed by atoms with Gasteiger partial charge in [0.25, 0.3) is 0 Å². The van der Waals surface area contributed by atoms with E-state index in [1.54, 1.807) is 14.0 Å². The second-order valence-electron chi connectivity index (χ2n) is 2.93. The van der Waals surface area contributed by atoms with E-state index >= 15 is 0 Å². The van der Waals surface area contributed by atoms with Gasteiger partial charge < -0.3 is 4.74 Å². The van der Waals surface area contributed by atoms with Gasteiger partial charge in [0.05, 0.1) is 12.4 Å². The van der Waals surface area contributed by atoms with Crippen LogP contribution in [0.2, 0.25) is 0 Å². The Hall–Kier alpha value is 0.390. The van der Waals surface area contributed by atoms with E-state index in [2.05, 4.69) is 15.9 Å². The van der Waals surface area contributed by atoms with E-state index in [4.69, 9.17) is 4.74 Å². The number of hydrogen-bond acceptors (Lipinski definition) is 3. The SMILES string of the molecule is CCS(=O)(=O)CCCC(Br)COC. The second kappa shape index (κ2) is 6.79. The van der Waals surface area contributed by atoms with Crippen LogP contribution in [0.1, 0.15) is 19.8 Å². The first-order valence-electron chi connectivity index (χ1n) is 4.35. The summed E-state index contributed by atoms with van der Waals surface area (Å²) in [5.74, 6) is 0.527. The average Bonchev–Trinajstić information content (AvgIpc) is 2.05. The summed E-state index contributed by atoms with van der Waals surface area (Å²) in [5, 5.41) is 0. The van der Waals surface area contributed by atoms with Crippen LogP contribution in [0.15, 0.2) is 0 Å². The molecule has 0 amide bonds. The van der Waals surface area contributed by atoms with E-state index in [0.717, 1.165) is 6.42 Å². The zero-order chi connectivity index (χ0) is 10.3. The van der Waals surface area contributed by atoms with Crippen molar-refractivity contribution in [2.45, 2.75) is 24.6 Å². The lowest BCUT2D eigenvalue weighted by Gasteiger charge is -2.07. The maximum absolute atomic E-state index is 11.1. The summed E-state index contributed by atoms with van der Waals surface area (Å²) in [7, 11) is -1.16. The molecule has 0 saturated heterocycles. The van der Waals surface area contributed by atoms with E-state index in [-0.39, 0.29) is 16.3 Å². The molecule has 0 bridgehead atoms. The van der Waals surface area contributed by atoms with Crippen molar-refractivity contribution >= 4 is 25.8 Å². The summed E-state index contributed by atoms with van der Waals surface area (Å²) in [4.78, 5) is 0.268. The summed E-state index contributed by atoms with van der Waals surface area (Å²) in [6, 6.07) is 0. The van der Waals surface area contributed by atoms with E-state index in [0.29, 0.717) is 13.0 Å². The van der Waals surface area contributed by atoms with Crippen LogP contribution in [0.25, 0.3) is 0 Å². The molecule has 0 saturated carbocycles. The molecule has 0 N–H and O–H groups in total. The van der Waals surface area contributed by atoms with Crippen molar-refractivity contribution in [2.75, 3.05) is 25.2 Å². The topological polar surface area (TPSA) is 43.4 Å². The Labute approximate surface area is 88.9 Å². The first kappa shape index (κ1) is 13.4. The highest BCUT2D eigenvalue weighted by Gasteiger charge is 2.09. The fraction of sp³-hybridized carbons (Fsp3) is 1.00. The highest BCUT2D eigenvalue weighted by atomic mass is 79.9. The van der Waals surface area contributed by atoms with Crippen LogP contribution in [0.4, 0.5) is 0 Å². The molecule has 0 rings (SSSR count). The minimum Gasteiger partial charge on any atom is -0.384 e. The third-order valence-corrected chi connectivity index (χ3v) is 4.27. The molecule has 0 aliphatic heterocycles. The predicted octanol–water partition coefficient (Wildman–Crippen LogP) is 1.61. The summed E-state index contributed by atoms with van der Waals surface area (Å²) in [6.07, 6.45) is 1.54. The van der Waals surface area contributed by atoms with Crippen LogP contribution < -0.4 is 0 Å². The first-order chi connectivity index (χ1) is 6.02. The van der Waals surface area contributed by atoms with Gasteiger partial charge in [-0.1, -0.05) is 22.9 Å². The van der Waals surface area contributed by atoms with Crippen molar-refractivity contribution in [3.8, 4) is 0 Å². The van der Waals surface area contributed by atoms with Crippen molar-refractivity contribution in [1.82, 2.24) is 0 Å². The fourth-order valence-corrected chi connectivity index (χ4v) is 2.42. The molecule has 1 atom stereocenters. The number of methoxy groups -OCH3 is 1. The van der Waals surface area contributed by atoms with E-state index in [1.165, 1.54) is 0 Å². The molecule has 0 aromatic heterocycles. The number of sulfone groups is 1. The second-order valence-corrected chi connectivity index (χ2v) is 6.70. The minimum atomic E-state index is -2.79. The van der Waals surface area contributed by atoms with Crippen molar-refractivity contribution in [2.24, 2.45) is 0 Å². The smallest absolute Gasteiger partial charge is 0.150 e. The molecule has 0 radical (unpaired) electrons. The van der Waals surface area contributed by atoms with Crippen LogP contribution in [0.3, 0.4) is 0 Å². The van der Waals surface area contributed by atoms with Crippen molar-refractivity contribution in [3.05, 3.63) is 0 Å². The van der Waals surface area contributed by atoms with Crippen molar-refractivity contribution < 1.29 is 13.2 Å². The third-order valence-electron chi connectivity index (χ3n) is 1.76. The molecule has 0 aliphatic carbocycles. The van der Waals surface area contributed by atoms with Crippen LogP contribution in [0.5, 0.6) is 0 Å². The Bertz CT molecular complexity index is 213. The lowest BCUT2D eigenvalue weighted by molar-refractivity contribution is 0.198. The van der Waals surface area contributed by atoms with Crippen LogP contribution >= 0.6 is 15.9 Å². The van der Waals surface area contributed by atoms with E-state index in [1.807, 2.05) is 0 Å².